The molecule has 5 nitrogen and oxygen atoms in total. The number of esters is 1. The molecule has 0 aliphatic carbocycles. The van der Waals surface area contributed by atoms with Gasteiger partial charge in [0.15, 0.2) is 11.5 Å². The number of hydrogen-bond donors (Lipinski definition) is 2. The highest BCUT2D eigenvalue weighted by atomic mass is 16.5. The lowest BCUT2D eigenvalue weighted by Gasteiger charge is -2.28. The number of likely N-dealkylation sites (tertiary alicyclic amines) is 1. The monoisotopic (exact) mass is 294 g/mol. The summed E-state index contributed by atoms with van der Waals surface area (Å²) in [5.41, 5.74) is 0.888. The van der Waals surface area contributed by atoms with Crippen LogP contribution in [0.25, 0.3) is 0 Å². The lowest BCUT2D eigenvalue weighted by molar-refractivity contribution is -0.919. The van der Waals surface area contributed by atoms with Crippen LogP contribution in [0.15, 0.2) is 18.2 Å². The molecule has 0 atom stereocenters. The van der Waals surface area contributed by atoms with Gasteiger partial charge in [0.1, 0.15) is 6.54 Å². The van der Waals surface area contributed by atoms with E-state index in [1.165, 1.54) is 4.90 Å². The van der Waals surface area contributed by atoms with Crippen LogP contribution in [0.2, 0.25) is 0 Å². The van der Waals surface area contributed by atoms with E-state index in [9.17, 15) is 9.90 Å². The van der Waals surface area contributed by atoms with E-state index in [1.807, 2.05) is 19.1 Å². The van der Waals surface area contributed by atoms with Gasteiger partial charge in [0.2, 0.25) is 0 Å². The number of ether oxygens (including phenoxy) is 2. The molecule has 21 heavy (non-hydrogen) atoms. The highest BCUT2D eigenvalue weighted by molar-refractivity contribution is 5.72. The number of aromatic hydroxyl groups is 1. The maximum Gasteiger partial charge on any atom is 0.309 e. The first kappa shape index (κ1) is 15.6. The van der Waals surface area contributed by atoms with Crippen LogP contribution in [0.3, 0.4) is 0 Å². The maximum absolute atomic E-state index is 11.7. The van der Waals surface area contributed by atoms with E-state index >= 15 is 0 Å². The Bertz CT molecular complexity index is 481. The predicted molar refractivity (Wildman–Crippen MR) is 78.4 cm³/mol. The third-order valence-corrected chi connectivity index (χ3v) is 4.06. The zero-order valence-corrected chi connectivity index (χ0v) is 12.7. The Morgan fingerprint density at radius 1 is 1.38 bits per heavy atom. The molecule has 1 aromatic rings. The molecule has 1 saturated heterocycles. The average Bonchev–Trinajstić information content (AvgIpc) is 2.50. The molecule has 1 heterocycles. The summed E-state index contributed by atoms with van der Waals surface area (Å²) in [6.07, 6.45) is 1.69. The number of piperidine rings is 1. The zero-order chi connectivity index (χ0) is 15.2. The molecule has 116 valence electrons. The number of carbonyl (C=O) groups excluding carboxylic acids is 1. The minimum absolute atomic E-state index is 0.0348. The van der Waals surface area contributed by atoms with Crippen molar-refractivity contribution in [1.82, 2.24) is 0 Å². The van der Waals surface area contributed by atoms with Crippen molar-refractivity contribution in [3.05, 3.63) is 23.8 Å². The third-order valence-electron chi connectivity index (χ3n) is 4.06. The summed E-state index contributed by atoms with van der Waals surface area (Å²) in [6, 6.07) is 5.56. The summed E-state index contributed by atoms with van der Waals surface area (Å²) < 4.78 is 10.2. The predicted octanol–water partition coefficient (Wildman–Crippen LogP) is 0.759. The molecule has 5 heteroatoms. The van der Waals surface area contributed by atoms with Gasteiger partial charge >= 0.3 is 5.97 Å². The van der Waals surface area contributed by atoms with Gasteiger partial charge < -0.3 is 19.5 Å². The van der Waals surface area contributed by atoms with Gasteiger partial charge in [-0.25, -0.2) is 0 Å². The van der Waals surface area contributed by atoms with Gasteiger partial charge in [0.05, 0.1) is 38.3 Å². The standard InChI is InChI=1S/C16H23NO4/c1-3-21-16(19)12-7-9-17(10-8-12)11-13-5-4-6-14(20-2)15(13)18/h4-6,12,18H,3,7-11H2,1-2H3/p+1. The molecule has 2 N–H and O–H groups in total. The normalized spacial score (nSPS) is 21.8. The Morgan fingerprint density at radius 2 is 2.10 bits per heavy atom. The topological polar surface area (TPSA) is 60.2 Å². The molecular weight excluding hydrogens is 270 g/mol. The van der Waals surface area contributed by atoms with Crippen LogP contribution in [0.1, 0.15) is 25.3 Å². The van der Waals surface area contributed by atoms with Crippen molar-refractivity contribution < 1.29 is 24.3 Å². The second kappa shape index (κ2) is 7.31. The van der Waals surface area contributed by atoms with Crippen LogP contribution >= 0.6 is 0 Å². The highest BCUT2D eigenvalue weighted by Gasteiger charge is 2.28. The first-order valence-corrected chi connectivity index (χ1v) is 7.50. The zero-order valence-electron chi connectivity index (χ0n) is 12.7. The van der Waals surface area contributed by atoms with Crippen molar-refractivity contribution in [2.45, 2.75) is 26.3 Å². The highest BCUT2D eigenvalue weighted by Crippen LogP contribution is 2.28. The number of hydrogen-bond acceptors (Lipinski definition) is 4. The van der Waals surface area contributed by atoms with Crippen molar-refractivity contribution in [2.24, 2.45) is 5.92 Å². The Morgan fingerprint density at radius 3 is 2.71 bits per heavy atom. The van der Waals surface area contributed by atoms with E-state index in [0.717, 1.165) is 38.0 Å². The number of para-hydroxylation sites is 1. The SMILES string of the molecule is CCOC(=O)C1CC[NH+](Cc2cccc(OC)c2O)CC1. The van der Waals surface area contributed by atoms with Crippen LogP contribution in [-0.4, -0.2) is 37.9 Å². The van der Waals surface area contributed by atoms with Crippen LogP contribution in [-0.2, 0) is 16.1 Å². The number of phenols is 1. The summed E-state index contributed by atoms with van der Waals surface area (Å²) in [5, 5.41) is 10.1. The van der Waals surface area contributed by atoms with Gasteiger partial charge in [0, 0.05) is 12.8 Å². The first-order valence-electron chi connectivity index (χ1n) is 7.50. The molecule has 0 saturated carbocycles. The van der Waals surface area contributed by atoms with Gasteiger partial charge in [0.25, 0.3) is 0 Å². The number of nitrogens with one attached hydrogen (secondary N) is 1. The molecule has 0 amide bonds. The van der Waals surface area contributed by atoms with Gasteiger partial charge in [-0.15, -0.1) is 0 Å². The number of rotatable bonds is 5. The van der Waals surface area contributed by atoms with Crippen LogP contribution < -0.4 is 9.64 Å². The quantitative estimate of drug-likeness (QED) is 0.787. The lowest BCUT2D eigenvalue weighted by atomic mass is 9.96. The van der Waals surface area contributed by atoms with E-state index in [0.29, 0.717) is 12.4 Å². The van der Waals surface area contributed by atoms with Crippen LogP contribution in [0.5, 0.6) is 11.5 Å². The van der Waals surface area contributed by atoms with Crippen molar-refractivity contribution in [3.8, 4) is 11.5 Å². The van der Waals surface area contributed by atoms with Crippen molar-refractivity contribution in [1.29, 1.82) is 0 Å². The summed E-state index contributed by atoms with van der Waals surface area (Å²) in [4.78, 5) is 13.1. The summed E-state index contributed by atoms with van der Waals surface area (Å²) in [6.45, 7) is 4.87. The molecule has 2 rings (SSSR count). The first-order chi connectivity index (χ1) is 10.2. The van der Waals surface area contributed by atoms with Crippen LogP contribution in [0.4, 0.5) is 0 Å². The fourth-order valence-corrected chi connectivity index (χ4v) is 2.84. The van der Waals surface area contributed by atoms with E-state index in [2.05, 4.69) is 0 Å². The number of benzene rings is 1. The fourth-order valence-electron chi connectivity index (χ4n) is 2.84. The van der Waals surface area contributed by atoms with Gasteiger partial charge in [-0.2, -0.15) is 0 Å². The van der Waals surface area contributed by atoms with Gasteiger partial charge in [-0.05, 0) is 19.1 Å². The van der Waals surface area contributed by atoms with Crippen molar-refractivity contribution in [2.75, 3.05) is 26.8 Å². The van der Waals surface area contributed by atoms with Crippen LogP contribution in [0, 0.1) is 5.92 Å². The number of quaternary nitrogens is 1. The van der Waals surface area contributed by atoms with Crippen molar-refractivity contribution >= 4 is 5.97 Å². The lowest BCUT2D eigenvalue weighted by Crippen LogP contribution is -3.11. The molecule has 0 radical (unpaired) electrons. The molecular formula is C16H24NO4+. The fraction of sp³-hybridized carbons (Fsp3) is 0.562. The number of phenolic OH excluding ortho intramolecular Hbond substituents is 1. The molecule has 0 spiro atoms. The summed E-state index contributed by atoms with van der Waals surface area (Å²) in [5.74, 6) is 0.696. The second-order valence-electron chi connectivity index (χ2n) is 5.42. The Labute approximate surface area is 125 Å². The second-order valence-corrected chi connectivity index (χ2v) is 5.42. The Balaban J connectivity index is 1.90. The largest absolute Gasteiger partial charge is 0.504 e. The summed E-state index contributed by atoms with van der Waals surface area (Å²) in [7, 11) is 1.55. The molecule has 0 unspecified atom stereocenters. The van der Waals surface area contributed by atoms with Gasteiger partial charge in [-0.3, -0.25) is 4.79 Å². The number of methoxy groups -OCH3 is 1. The Hall–Kier alpha value is -1.75. The van der Waals surface area contributed by atoms with E-state index in [1.54, 1.807) is 13.2 Å². The maximum atomic E-state index is 11.7. The minimum atomic E-state index is -0.0687. The molecule has 0 bridgehead atoms. The number of carbonyl (C=O) groups is 1. The molecule has 1 aliphatic rings. The van der Waals surface area contributed by atoms with E-state index in [-0.39, 0.29) is 17.6 Å². The smallest absolute Gasteiger partial charge is 0.309 e. The molecule has 0 aromatic heterocycles. The van der Waals surface area contributed by atoms with Crippen molar-refractivity contribution in [3.63, 3.8) is 0 Å². The Kier molecular flexibility index (Phi) is 5.44. The molecule has 1 fully saturated rings. The minimum Gasteiger partial charge on any atom is -0.504 e. The van der Waals surface area contributed by atoms with Gasteiger partial charge in [-0.1, -0.05) is 6.07 Å². The van der Waals surface area contributed by atoms with E-state index < -0.39 is 0 Å². The molecule has 1 aromatic carbocycles. The molecule has 1 aliphatic heterocycles. The third kappa shape index (κ3) is 3.88. The summed E-state index contributed by atoms with van der Waals surface area (Å²) >= 11 is 0. The average molecular weight is 294 g/mol. The van der Waals surface area contributed by atoms with E-state index in [4.69, 9.17) is 9.47 Å².